The molecular weight excluding hydrogens is 181 g/mol. The van der Waals surface area contributed by atoms with Crippen LogP contribution >= 0.6 is 0 Å². The summed E-state index contributed by atoms with van der Waals surface area (Å²) in [6.45, 7) is 2.58. The summed E-state index contributed by atoms with van der Waals surface area (Å²) in [6.07, 6.45) is 0.817. The summed E-state index contributed by atoms with van der Waals surface area (Å²) in [5.41, 5.74) is 7.82. The molecule has 0 spiro atoms. The van der Waals surface area contributed by atoms with Gasteiger partial charge in [-0.3, -0.25) is 0 Å². The molecule has 0 amide bonds. The highest BCUT2D eigenvalue weighted by atomic mass is 19.1. The number of benzene rings is 1. The fourth-order valence-electron chi connectivity index (χ4n) is 1.88. The zero-order chi connectivity index (χ0) is 10.1. The Hall–Kier alpha value is -0.930. The van der Waals surface area contributed by atoms with Crippen LogP contribution in [0.4, 0.5) is 4.39 Å². The van der Waals surface area contributed by atoms with E-state index in [1.807, 2.05) is 6.92 Å². The first-order chi connectivity index (χ1) is 6.68. The summed E-state index contributed by atoms with van der Waals surface area (Å²) in [7, 11) is 0. The molecule has 1 aliphatic heterocycles. The molecule has 2 atom stereocenters. The summed E-state index contributed by atoms with van der Waals surface area (Å²) < 4.78 is 18.4. The van der Waals surface area contributed by atoms with E-state index in [4.69, 9.17) is 10.5 Å². The Kier molecular flexibility index (Phi) is 2.52. The highest BCUT2D eigenvalue weighted by molar-refractivity contribution is 5.30. The molecule has 2 nitrogen and oxygen atoms in total. The van der Waals surface area contributed by atoms with Crippen LogP contribution in [0, 0.1) is 12.7 Å². The summed E-state index contributed by atoms with van der Waals surface area (Å²) in [5.74, 6) is -0.210. The number of nitrogens with two attached hydrogens (primary N) is 1. The van der Waals surface area contributed by atoms with E-state index in [1.165, 1.54) is 12.1 Å². The highest BCUT2D eigenvalue weighted by Gasteiger charge is 2.27. The van der Waals surface area contributed by atoms with Gasteiger partial charge in [-0.2, -0.15) is 0 Å². The molecule has 1 aliphatic rings. The molecule has 1 saturated heterocycles. The van der Waals surface area contributed by atoms with Crippen LogP contribution in [0.15, 0.2) is 18.2 Å². The zero-order valence-corrected chi connectivity index (χ0v) is 8.16. The first-order valence-corrected chi connectivity index (χ1v) is 4.81. The maximum Gasteiger partial charge on any atom is 0.123 e. The van der Waals surface area contributed by atoms with E-state index in [-0.39, 0.29) is 18.0 Å². The van der Waals surface area contributed by atoms with Crippen LogP contribution in [0.1, 0.15) is 23.7 Å². The first-order valence-electron chi connectivity index (χ1n) is 4.81. The largest absolute Gasteiger partial charge is 0.372 e. The van der Waals surface area contributed by atoms with Gasteiger partial charge < -0.3 is 10.5 Å². The third-order valence-electron chi connectivity index (χ3n) is 2.68. The van der Waals surface area contributed by atoms with Crippen LogP contribution < -0.4 is 5.73 Å². The average molecular weight is 195 g/mol. The molecule has 0 radical (unpaired) electrons. The molecule has 0 saturated carbocycles. The Bertz CT molecular complexity index is 340. The van der Waals surface area contributed by atoms with Gasteiger partial charge in [-0.05, 0) is 36.6 Å². The van der Waals surface area contributed by atoms with Gasteiger partial charge >= 0.3 is 0 Å². The van der Waals surface area contributed by atoms with Gasteiger partial charge in [0.15, 0.2) is 0 Å². The number of hydrogen-bond acceptors (Lipinski definition) is 2. The van der Waals surface area contributed by atoms with Crippen molar-refractivity contribution in [3.8, 4) is 0 Å². The summed E-state index contributed by atoms with van der Waals surface area (Å²) in [4.78, 5) is 0. The molecule has 1 aromatic carbocycles. The van der Waals surface area contributed by atoms with Crippen molar-refractivity contribution in [1.82, 2.24) is 0 Å². The smallest absolute Gasteiger partial charge is 0.123 e. The standard InChI is InChI=1S/C11H14FNO/c1-7-6-8(12)2-3-9(7)11-10(13)4-5-14-11/h2-3,6,10-11H,4-5,13H2,1H3. The number of rotatable bonds is 1. The summed E-state index contributed by atoms with van der Waals surface area (Å²) in [6, 6.07) is 4.78. The lowest BCUT2D eigenvalue weighted by Gasteiger charge is -2.17. The lowest BCUT2D eigenvalue weighted by molar-refractivity contribution is 0.104. The molecule has 1 aromatic rings. The predicted octanol–water partition coefficient (Wildman–Crippen LogP) is 1.92. The number of halogens is 1. The van der Waals surface area contributed by atoms with E-state index in [0.717, 1.165) is 17.5 Å². The number of ether oxygens (including phenoxy) is 1. The van der Waals surface area contributed by atoms with Crippen molar-refractivity contribution in [3.63, 3.8) is 0 Å². The molecule has 0 aliphatic carbocycles. The Balaban J connectivity index is 2.31. The van der Waals surface area contributed by atoms with Crippen molar-refractivity contribution in [2.24, 2.45) is 5.73 Å². The third-order valence-corrected chi connectivity index (χ3v) is 2.68. The topological polar surface area (TPSA) is 35.2 Å². The van der Waals surface area contributed by atoms with Crippen molar-refractivity contribution in [2.75, 3.05) is 6.61 Å². The lowest BCUT2D eigenvalue weighted by Crippen LogP contribution is -2.24. The highest BCUT2D eigenvalue weighted by Crippen LogP contribution is 2.30. The molecule has 0 aromatic heterocycles. The minimum absolute atomic E-state index is 0.0409. The zero-order valence-electron chi connectivity index (χ0n) is 8.16. The minimum Gasteiger partial charge on any atom is -0.372 e. The molecule has 14 heavy (non-hydrogen) atoms. The molecule has 1 heterocycles. The first kappa shape index (κ1) is 9.62. The maximum atomic E-state index is 12.9. The van der Waals surface area contributed by atoms with E-state index in [0.29, 0.717) is 6.61 Å². The van der Waals surface area contributed by atoms with Crippen molar-refractivity contribution in [1.29, 1.82) is 0 Å². The fraction of sp³-hybridized carbons (Fsp3) is 0.455. The van der Waals surface area contributed by atoms with Crippen molar-refractivity contribution in [2.45, 2.75) is 25.5 Å². The van der Waals surface area contributed by atoms with Gasteiger partial charge in [-0.25, -0.2) is 4.39 Å². The summed E-state index contributed by atoms with van der Waals surface area (Å²) >= 11 is 0. The van der Waals surface area contributed by atoms with Crippen LogP contribution in [-0.2, 0) is 4.74 Å². The number of aryl methyl sites for hydroxylation is 1. The van der Waals surface area contributed by atoms with E-state index in [1.54, 1.807) is 6.07 Å². The molecule has 2 N–H and O–H groups in total. The quantitative estimate of drug-likeness (QED) is 0.743. The second-order valence-corrected chi connectivity index (χ2v) is 3.74. The van der Waals surface area contributed by atoms with Crippen molar-refractivity contribution >= 4 is 0 Å². The molecule has 2 rings (SSSR count). The van der Waals surface area contributed by atoms with Crippen LogP contribution in [0.2, 0.25) is 0 Å². The molecule has 2 unspecified atom stereocenters. The van der Waals surface area contributed by atoms with Gasteiger partial charge in [0.25, 0.3) is 0 Å². The predicted molar refractivity (Wildman–Crippen MR) is 52.4 cm³/mol. The van der Waals surface area contributed by atoms with E-state index >= 15 is 0 Å². The van der Waals surface area contributed by atoms with Crippen LogP contribution in [0.3, 0.4) is 0 Å². The maximum absolute atomic E-state index is 12.9. The summed E-state index contributed by atoms with van der Waals surface area (Å²) in [5, 5.41) is 0. The van der Waals surface area contributed by atoms with Gasteiger partial charge in [0.1, 0.15) is 5.82 Å². The Morgan fingerprint density at radius 2 is 2.29 bits per heavy atom. The second-order valence-electron chi connectivity index (χ2n) is 3.74. The normalized spacial score (nSPS) is 26.8. The van der Waals surface area contributed by atoms with Crippen LogP contribution in [0.5, 0.6) is 0 Å². The van der Waals surface area contributed by atoms with Gasteiger partial charge in [0.2, 0.25) is 0 Å². The van der Waals surface area contributed by atoms with Gasteiger partial charge in [-0.15, -0.1) is 0 Å². The Morgan fingerprint density at radius 3 is 2.86 bits per heavy atom. The Labute approximate surface area is 82.9 Å². The molecule has 1 fully saturated rings. The van der Waals surface area contributed by atoms with Gasteiger partial charge in [0, 0.05) is 12.6 Å². The second kappa shape index (κ2) is 3.67. The molecule has 3 heteroatoms. The third kappa shape index (κ3) is 1.65. The minimum atomic E-state index is -0.210. The molecule has 76 valence electrons. The van der Waals surface area contributed by atoms with Gasteiger partial charge in [-0.1, -0.05) is 6.07 Å². The SMILES string of the molecule is Cc1cc(F)ccc1C1OCCC1N. The lowest BCUT2D eigenvalue weighted by atomic mass is 9.98. The van der Waals surface area contributed by atoms with Crippen LogP contribution in [0.25, 0.3) is 0 Å². The molecular formula is C11H14FNO. The van der Waals surface area contributed by atoms with E-state index < -0.39 is 0 Å². The fourth-order valence-corrected chi connectivity index (χ4v) is 1.88. The van der Waals surface area contributed by atoms with E-state index in [2.05, 4.69) is 0 Å². The van der Waals surface area contributed by atoms with Crippen molar-refractivity contribution < 1.29 is 9.13 Å². The Morgan fingerprint density at radius 1 is 1.50 bits per heavy atom. The molecule has 0 bridgehead atoms. The number of hydrogen-bond donors (Lipinski definition) is 1. The van der Waals surface area contributed by atoms with E-state index in [9.17, 15) is 4.39 Å². The monoisotopic (exact) mass is 195 g/mol. The van der Waals surface area contributed by atoms with Gasteiger partial charge in [0.05, 0.1) is 6.10 Å². The average Bonchev–Trinajstić information content (AvgIpc) is 2.52. The van der Waals surface area contributed by atoms with Crippen molar-refractivity contribution in [3.05, 3.63) is 35.1 Å². The van der Waals surface area contributed by atoms with Crippen LogP contribution in [-0.4, -0.2) is 12.6 Å².